The van der Waals surface area contributed by atoms with Gasteiger partial charge in [0.05, 0.1) is 12.1 Å². The lowest BCUT2D eigenvalue weighted by Crippen LogP contribution is -2.57. The van der Waals surface area contributed by atoms with Gasteiger partial charge in [-0.1, -0.05) is 0 Å². The molecule has 0 radical (unpaired) electrons. The summed E-state index contributed by atoms with van der Waals surface area (Å²) in [7, 11) is 9.32. The molecule has 0 aromatic rings. The van der Waals surface area contributed by atoms with E-state index in [1.165, 1.54) is 52.0 Å². The molecule has 6 atom stereocenters. The van der Waals surface area contributed by atoms with Crippen LogP contribution in [-0.4, -0.2) is 129 Å². The van der Waals surface area contributed by atoms with Crippen molar-refractivity contribution in [2.75, 3.05) is 42.4 Å². The van der Waals surface area contributed by atoms with Gasteiger partial charge in [-0.3, -0.25) is 28.9 Å². The zero-order valence-electron chi connectivity index (χ0n) is 24.2. The predicted molar refractivity (Wildman–Crippen MR) is 138 cm³/mol. The zero-order chi connectivity index (χ0) is 29.2. The Labute approximate surface area is 220 Å². The molecule has 0 aliphatic carbocycles. The molecular weight excluding hydrogens is 484 g/mol. The average molecular weight is 531 g/mol. The minimum Gasteiger partial charge on any atom is -0.354 e. The van der Waals surface area contributed by atoms with E-state index >= 15 is 0 Å². The fraction of sp³-hybridized carbons (Fsp3) is 0.792. The van der Waals surface area contributed by atoms with Crippen LogP contribution in [0.5, 0.6) is 0 Å². The number of nitrogens with one attached hydrogen (secondary N) is 3. The minimum atomic E-state index is -0.958. The third-order valence-corrected chi connectivity index (χ3v) is 6.47. The van der Waals surface area contributed by atoms with Gasteiger partial charge in [0.25, 0.3) is 0 Å². The molecule has 37 heavy (non-hydrogen) atoms. The number of carbonyl (C=O) groups is 5. The van der Waals surface area contributed by atoms with E-state index in [0.717, 1.165) is 0 Å². The van der Waals surface area contributed by atoms with Crippen LogP contribution in [0, 0.1) is 0 Å². The molecule has 6 unspecified atom stereocenters. The highest BCUT2D eigenvalue weighted by atomic mass is 16.7. The second-order valence-corrected chi connectivity index (χ2v) is 9.49. The predicted octanol–water partition coefficient (Wildman–Crippen LogP) is -1.24. The highest BCUT2D eigenvalue weighted by molar-refractivity contribution is 5.95. The van der Waals surface area contributed by atoms with Crippen molar-refractivity contribution >= 4 is 29.5 Å². The lowest BCUT2D eigenvalue weighted by Gasteiger charge is -2.31. The highest BCUT2D eigenvalue weighted by Crippen LogP contribution is 2.06. The van der Waals surface area contributed by atoms with Crippen LogP contribution in [0.3, 0.4) is 0 Å². The maximum atomic E-state index is 12.9. The van der Waals surface area contributed by atoms with Crippen molar-refractivity contribution in [2.24, 2.45) is 0 Å². The Balaban J connectivity index is 5.06. The summed E-state index contributed by atoms with van der Waals surface area (Å²) in [5, 5.41) is 7.97. The van der Waals surface area contributed by atoms with Crippen LogP contribution in [-0.2, 0) is 33.4 Å². The largest absolute Gasteiger partial charge is 0.354 e. The van der Waals surface area contributed by atoms with E-state index in [9.17, 15) is 24.0 Å². The van der Waals surface area contributed by atoms with Gasteiger partial charge >= 0.3 is 0 Å². The SMILES string of the molecule is COC(OC)C(C)NC(=O)C(C)N(C)C(=O)C(C)NC(=O)C(C)N(C)C(=O)C(C)NC(=O)C(C)N(C)C. The molecule has 13 nitrogen and oxygen atoms in total. The van der Waals surface area contributed by atoms with E-state index in [2.05, 4.69) is 16.0 Å². The summed E-state index contributed by atoms with van der Waals surface area (Å²) in [6.07, 6.45) is -0.649. The molecule has 3 N–H and O–H groups in total. The van der Waals surface area contributed by atoms with Crippen LogP contribution in [0.25, 0.3) is 0 Å². The Morgan fingerprint density at radius 2 is 0.892 bits per heavy atom. The van der Waals surface area contributed by atoms with Crippen LogP contribution >= 0.6 is 0 Å². The summed E-state index contributed by atoms with van der Waals surface area (Å²) in [6.45, 7) is 9.54. The number of ether oxygens (including phenoxy) is 2. The van der Waals surface area contributed by atoms with Crippen LogP contribution < -0.4 is 16.0 Å². The summed E-state index contributed by atoms with van der Waals surface area (Å²) >= 11 is 0. The van der Waals surface area contributed by atoms with Gasteiger partial charge in [0.1, 0.15) is 24.2 Å². The lowest BCUT2D eigenvalue weighted by molar-refractivity contribution is -0.146. The van der Waals surface area contributed by atoms with Crippen molar-refractivity contribution < 1.29 is 33.4 Å². The standard InChI is InChI=1S/C24H46N6O7/c1-13(25-19(31)16(4)28(7)8)22(34)29(9)17(5)20(32)26-14(2)23(35)30(10)18(6)21(33)27-15(3)24(36-11)37-12/h13-18,24H,1-12H3,(H,25,31)(H,26,32)(H,27,33). The molecule has 13 heteroatoms. The van der Waals surface area contributed by atoms with Gasteiger partial charge in [0.15, 0.2) is 6.29 Å². The van der Waals surface area contributed by atoms with E-state index in [1.54, 1.807) is 46.7 Å². The molecule has 0 rings (SSSR count). The van der Waals surface area contributed by atoms with Crippen LogP contribution in [0.15, 0.2) is 0 Å². The number of amides is 5. The molecule has 0 aliphatic heterocycles. The Morgan fingerprint density at radius 3 is 1.22 bits per heavy atom. The maximum Gasteiger partial charge on any atom is 0.245 e. The molecule has 214 valence electrons. The monoisotopic (exact) mass is 530 g/mol. The molecule has 0 bridgehead atoms. The van der Waals surface area contributed by atoms with E-state index < -0.39 is 66.2 Å². The molecule has 0 aliphatic rings. The molecule has 0 saturated heterocycles. The van der Waals surface area contributed by atoms with E-state index in [0.29, 0.717) is 0 Å². The van der Waals surface area contributed by atoms with Crippen LogP contribution in [0.4, 0.5) is 0 Å². The first-order valence-electron chi connectivity index (χ1n) is 12.2. The molecule has 0 aromatic heterocycles. The second-order valence-electron chi connectivity index (χ2n) is 9.49. The van der Waals surface area contributed by atoms with Crippen LogP contribution in [0.1, 0.15) is 41.5 Å². The van der Waals surface area contributed by atoms with Gasteiger partial charge < -0.3 is 35.2 Å². The van der Waals surface area contributed by atoms with Crippen molar-refractivity contribution in [1.82, 2.24) is 30.7 Å². The first-order chi connectivity index (χ1) is 17.0. The van der Waals surface area contributed by atoms with Crippen molar-refractivity contribution in [2.45, 2.75) is 84.1 Å². The van der Waals surface area contributed by atoms with Crippen LogP contribution in [0.2, 0.25) is 0 Å². The second kappa shape index (κ2) is 15.5. The first-order valence-corrected chi connectivity index (χ1v) is 12.2. The lowest BCUT2D eigenvalue weighted by atomic mass is 10.1. The van der Waals surface area contributed by atoms with Gasteiger partial charge in [0.2, 0.25) is 29.5 Å². The quantitative estimate of drug-likeness (QED) is 0.236. The average Bonchev–Trinajstić information content (AvgIpc) is 2.85. The maximum absolute atomic E-state index is 12.9. The number of methoxy groups -OCH3 is 2. The zero-order valence-corrected chi connectivity index (χ0v) is 24.2. The van der Waals surface area contributed by atoms with Gasteiger partial charge in [-0.15, -0.1) is 0 Å². The summed E-state index contributed by atoms with van der Waals surface area (Å²) in [4.78, 5) is 67.4. The Bertz CT molecular complexity index is 804. The number of nitrogens with zero attached hydrogens (tertiary/aromatic N) is 3. The van der Waals surface area contributed by atoms with Gasteiger partial charge in [-0.2, -0.15) is 0 Å². The van der Waals surface area contributed by atoms with Gasteiger partial charge in [-0.05, 0) is 55.6 Å². The molecule has 0 spiro atoms. The first kappa shape index (κ1) is 34.2. The summed E-state index contributed by atoms with van der Waals surface area (Å²) in [6, 6.07) is -4.45. The Kier molecular flexibility index (Phi) is 14.3. The molecular formula is C24H46N6O7. The topological polar surface area (TPSA) is 150 Å². The highest BCUT2D eigenvalue weighted by Gasteiger charge is 2.32. The smallest absolute Gasteiger partial charge is 0.245 e. The van der Waals surface area contributed by atoms with Crippen molar-refractivity contribution in [3.8, 4) is 0 Å². The third kappa shape index (κ3) is 9.90. The van der Waals surface area contributed by atoms with Crippen molar-refractivity contribution in [1.29, 1.82) is 0 Å². The fourth-order valence-electron chi connectivity index (χ4n) is 3.29. The molecule has 0 saturated carbocycles. The van der Waals surface area contributed by atoms with Gasteiger partial charge in [-0.25, -0.2) is 0 Å². The number of likely N-dealkylation sites (N-methyl/N-ethyl adjacent to an activating group) is 3. The summed E-state index contributed by atoms with van der Waals surface area (Å²) in [5.41, 5.74) is 0. The summed E-state index contributed by atoms with van der Waals surface area (Å²) in [5.74, 6) is -2.23. The fourth-order valence-corrected chi connectivity index (χ4v) is 3.29. The molecule has 0 heterocycles. The van der Waals surface area contributed by atoms with E-state index in [1.807, 2.05) is 0 Å². The molecule has 0 fully saturated rings. The minimum absolute atomic E-state index is 0.314. The number of carbonyl (C=O) groups excluding carboxylic acids is 5. The normalized spacial score (nSPS) is 16.2. The van der Waals surface area contributed by atoms with Gasteiger partial charge in [0, 0.05) is 28.3 Å². The number of hydrogen-bond donors (Lipinski definition) is 3. The Morgan fingerprint density at radius 1 is 0.568 bits per heavy atom. The number of rotatable bonds is 14. The van der Waals surface area contributed by atoms with Crippen molar-refractivity contribution in [3.63, 3.8) is 0 Å². The Hall–Kier alpha value is -2.77. The van der Waals surface area contributed by atoms with E-state index in [-0.39, 0.29) is 5.91 Å². The molecule has 5 amide bonds. The summed E-state index contributed by atoms with van der Waals surface area (Å²) < 4.78 is 10.3. The van der Waals surface area contributed by atoms with Crippen molar-refractivity contribution in [3.05, 3.63) is 0 Å². The van der Waals surface area contributed by atoms with E-state index in [4.69, 9.17) is 9.47 Å². The third-order valence-electron chi connectivity index (χ3n) is 6.47. The molecule has 0 aromatic carbocycles. The number of hydrogen-bond acceptors (Lipinski definition) is 8.